The molecule has 0 atom stereocenters. The number of halogens is 4. The molecule has 1 N–H and O–H groups in total. The summed E-state index contributed by atoms with van der Waals surface area (Å²) in [6, 6.07) is 0. The van der Waals surface area contributed by atoms with Gasteiger partial charge in [-0.3, -0.25) is 0 Å². The topological polar surface area (TPSA) is 63.1 Å². The molecule has 4 nitrogen and oxygen atoms in total. The molecule has 1 heterocycles. The molecule has 1 aromatic rings. The van der Waals surface area contributed by atoms with Crippen LogP contribution >= 0.6 is 46.4 Å². The predicted octanol–water partition coefficient (Wildman–Crippen LogP) is 2.65. The Hall–Kier alpha value is -0.290. The molecule has 1 rings (SSSR count). The van der Waals surface area contributed by atoms with Crippen LogP contribution in [0, 0.1) is 0 Å². The van der Waals surface area contributed by atoms with Gasteiger partial charge in [-0.2, -0.15) is 0 Å². The minimum Gasteiger partial charge on any atom is -0.478 e. The van der Waals surface area contributed by atoms with Crippen LogP contribution < -0.4 is 0 Å². The fourth-order valence-corrected chi connectivity index (χ4v) is 1.12. The van der Waals surface area contributed by atoms with Crippen LogP contribution in [0.4, 0.5) is 0 Å². The normalized spacial score (nSPS) is 11.4. The molecular formula is C6H2Cl4N2O2. The molecule has 0 aliphatic heterocycles. The van der Waals surface area contributed by atoms with E-state index in [0.29, 0.717) is 0 Å². The van der Waals surface area contributed by atoms with E-state index in [1.165, 1.54) is 0 Å². The van der Waals surface area contributed by atoms with Crippen molar-refractivity contribution in [3.05, 3.63) is 22.7 Å². The van der Waals surface area contributed by atoms with Crippen LogP contribution in [0.15, 0.2) is 6.20 Å². The smallest absolute Gasteiger partial charge is 0.340 e. The van der Waals surface area contributed by atoms with Crippen molar-refractivity contribution in [1.82, 2.24) is 9.97 Å². The highest BCUT2D eigenvalue weighted by atomic mass is 35.6. The summed E-state index contributed by atoms with van der Waals surface area (Å²) < 4.78 is -1.82. The summed E-state index contributed by atoms with van der Waals surface area (Å²) in [5.41, 5.74) is -0.246. The first-order valence-corrected chi connectivity index (χ1v) is 4.66. The first-order valence-electron chi connectivity index (χ1n) is 3.15. The Morgan fingerprint density at radius 1 is 1.43 bits per heavy atom. The van der Waals surface area contributed by atoms with Crippen LogP contribution in [0.25, 0.3) is 0 Å². The zero-order valence-corrected chi connectivity index (χ0v) is 9.36. The molecule has 8 heteroatoms. The monoisotopic (exact) mass is 274 g/mol. The van der Waals surface area contributed by atoms with Gasteiger partial charge >= 0.3 is 5.97 Å². The van der Waals surface area contributed by atoms with Crippen molar-refractivity contribution in [1.29, 1.82) is 0 Å². The molecule has 0 saturated carbocycles. The molecule has 0 aliphatic carbocycles. The van der Waals surface area contributed by atoms with E-state index in [-0.39, 0.29) is 16.5 Å². The van der Waals surface area contributed by atoms with Crippen LogP contribution in [0.2, 0.25) is 5.15 Å². The summed E-state index contributed by atoms with van der Waals surface area (Å²) in [6.45, 7) is 0. The summed E-state index contributed by atoms with van der Waals surface area (Å²) in [4.78, 5) is 17.6. The highest BCUT2D eigenvalue weighted by Crippen LogP contribution is 2.36. The fourth-order valence-electron chi connectivity index (χ4n) is 0.641. The highest BCUT2D eigenvalue weighted by molar-refractivity contribution is 6.66. The number of aromatic nitrogens is 2. The van der Waals surface area contributed by atoms with Gasteiger partial charge in [0, 0.05) is 6.20 Å². The standard InChI is InChI=1S/C6H2Cl4N2O2/c7-3-2(4(13)14)1-11-5(12-3)6(8,9)10/h1H,(H,13,14). The lowest BCUT2D eigenvalue weighted by molar-refractivity contribution is 0.0696. The molecule has 0 aromatic carbocycles. The maximum atomic E-state index is 10.5. The lowest BCUT2D eigenvalue weighted by Gasteiger charge is -2.09. The molecule has 76 valence electrons. The number of hydrogen-bond donors (Lipinski definition) is 1. The summed E-state index contributed by atoms with van der Waals surface area (Å²) >= 11 is 21.9. The fraction of sp³-hybridized carbons (Fsp3) is 0.167. The van der Waals surface area contributed by atoms with E-state index in [4.69, 9.17) is 51.5 Å². The quantitative estimate of drug-likeness (QED) is 0.632. The number of nitrogens with zero attached hydrogens (tertiary/aromatic N) is 2. The number of alkyl halides is 3. The average molecular weight is 276 g/mol. The van der Waals surface area contributed by atoms with Crippen molar-refractivity contribution >= 4 is 52.4 Å². The van der Waals surface area contributed by atoms with Crippen molar-refractivity contribution in [2.24, 2.45) is 0 Å². The summed E-state index contributed by atoms with van der Waals surface area (Å²) in [6.07, 6.45) is 0.981. The number of carbonyl (C=O) groups is 1. The van der Waals surface area contributed by atoms with Gasteiger partial charge in [0.2, 0.25) is 3.79 Å². The van der Waals surface area contributed by atoms with Gasteiger partial charge < -0.3 is 5.11 Å². The third-order valence-corrected chi connectivity index (χ3v) is 2.02. The molecule has 14 heavy (non-hydrogen) atoms. The van der Waals surface area contributed by atoms with Gasteiger partial charge in [0.05, 0.1) is 0 Å². The Morgan fingerprint density at radius 2 is 2.00 bits per heavy atom. The van der Waals surface area contributed by atoms with Crippen molar-refractivity contribution in [3.8, 4) is 0 Å². The molecule has 0 saturated heterocycles. The number of rotatable bonds is 1. The summed E-state index contributed by atoms with van der Waals surface area (Å²) in [5, 5.41) is 8.33. The summed E-state index contributed by atoms with van der Waals surface area (Å²) in [5.74, 6) is -1.41. The van der Waals surface area contributed by atoms with Gasteiger partial charge in [0.1, 0.15) is 10.7 Å². The van der Waals surface area contributed by atoms with Gasteiger partial charge in [-0.25, -0.2) is 14.8 Å². The predicted molar refractivity (Wildman–Crippen MR) is 53.2 cm³/mol. The second kappa shape index (κ2) is 4.06. The Labute approximate surface area is 98.8 Å². The SMILES string of the molecule is O=C(O)c1cnc(C(Cl)(Cl)Cl)nc1Cl. The molecule has 0 spiro atoms. The number of carboxylic acids is 1. The maximum absolute atomic E-state index is 10.5. The Morgan fingerprint density at radius 3 is 2.36 bits per heavy atom. The minimum absolute atomic E-state index is 0.169. The molecule has 0 radical (unpaired) electrons. The van der Waals surface area contributed by atoms with E-state index >= 15 is 0 Å². The van der Waals surface area contributed by atoms with Gasteiger partial charge in [-0.1, -0.05) is 46.4 Å². The van der Waals surface area contributed by atoms with Gasteiger partial charge in [-0.05, 0) is 0 Å². The second-order valence-electron chi connectivity index (χ2n) is 2.20. The van der Waals surface area contributed by atoms with Crippen LogP contribution in [0.5, 0.6) is 0 Å². The zero-order chi connectivity index (χ0) is 10.9. The van der Waals surface area contributed by atoms with Gasteiger partial charge in [-0.15, -0.1) is 0 Å². The van der Waals surface area contributed by atoms with Crippen molar-refractivity contribution in [3.63, 3.8) is 0 Å². The largest absolute Gasteiger partial charge is 0.478 e. The van der Waals surface area contributed by atoms with E-state index in [2.05, 4.69) is 9.97 Å². The molecular weight excluding hydrogens is 274 g/mol. The third kappa shape index (κ3) is 2.60. The van der Waals surface area contributed by atoms with Crippen LogP contribution in [0.3, 0.4) is 0 Å². The van der Waals surface area contributed by atoms with E-state index < -0.39 is 9.76 Å². The number of hydrogen-bond acceptors (Lipinski definition) is 3. The average Bonchev–Trinajstić information content (AvgIpc) is 2.01. The molecule has 0 bridgehead atoms. The Kier molecular flexibility index (Phi) is 3.42. The van der Waals surface area contributed by atoms with Gasteiger partial charge in [0.25, 0.3) is 0 Å². The molecule has 0 fully saturated rings. The molecule has 0 unspecified atom stereocenters. The lowest BCUT2D eigenvalue weighted by Crippen LogP contribution is -2.10. The van der Waals surface area contributed by atoms with Crippen molar-refractivity contribution in [2.45, 2.75) is 3.79 Å². The molecule has 1 aromatic heterocycles. The van der Waals surface area contributed by atoms with Crippen LogP contribution in [-0.2, 0) is 3.79 Å². The van der Waals surface area contributed by atoms with E-state index in [1.54, 1.807) is 0 Å². The zero-order valence-electron chi connectivity index (χ0n) is 6.34. The van der Waals surface area contributed by atoms with E-state index in [0.717, 1.165) is 6.20 Å². The Bertz CT molecular complexity index is 377. The molecule has 0 aliphatic rings. The van der Waals surface area contributed by atoms with Gasteiger partial charge in [0.15, 0.2) is 5.82 Å². The third-order valence-electron chi connectivity index (χ3n) is 1.23. The van der Waals surface area contributed by atoms with Crippen LogP contribution in [-0.4, -0.2) is 21.0 Å². The van der Waals surface area contributed by atoms with Crippen molar-refractivity contribution < 1.29 is 9.90 Å². The van der Waals surface area contributed by atoms with E-state index in [1.807, 2.05) is 0 Å². The van der Waals surface area contributed by atoms with E-state index in [9.17, 15) is 4.79 Å². The second-order valence-corrected chi connectivity index (χ2v) is 4.84. The maximum Gasteiger partial charge on any atom is 0.340 e. The summed E-state index contributed by atoms with van der Waals surface area (Å²) in [7, 11) is 0. The number of carboxylic acid groups (broad SMARTS) is 1. The first kappa shape index (κ1) is 11.8. The molecule has 0 amide bonds. The first-order chi connectivity index (χ1) is 6.32. The van der Waals surface area contributed by atoms with Crippen molar-refractivity contribution in [2.75, 3.05) is 0 Å². The highest BCUT2D eigenvalue weighted by Gasteiger charge is 2.28. The van der Waals surface area contributed by atoms with Crippen LogP contribution in [0.1, 0.15) is 16.2 Å². The number of aromatic carboxylic acids is 1. The minimum atomic E-state index is -1.82. The Balaban J connectivity index is 3.20. The lowest BCUT2D eigenvalue weighted by atomic mass is 10.3.